The zero-order chi connectivity index (χ0) is 15.3. The number of nitrogens with zero attached hydrogens (tertiary/aromatic N) is 2. The van der Waals surface area contributed by atoms with Gasteiger partial charge in [0.1, 0.15) is 5.75 Å². The number of phenols is 1. The van der Waals surface area contributed by atoms with E-state index in [1.54, 1.807) is 19.2 Å². The Hall–Kier alpha value is -2.24. The number of anilines is 1. The van der Waals surface area contributed by atoms with E-state index in [-0.39, 0.29) is 30.8 Å². The smallest absolute Gasteiger partial charge is 0.324 e. The number of carbonyl (C=O) groups excluding carboxylic acids is 1. The number of phenolic OH excluding ortho intramolecular Hbond substituents is 1. The second-order valence-corrected chi connectivity index (χ2v) is 4.79. The lowest BCUT2D eigenvalue weighted by Crippen LogP contribution is -2.45. The van der Waals surface area contributed by atoms with Crippen molar-refractivity contribution in [2.24, 2.45) is 0 Å². The Kier molecular flexibility index (Phi) is 5.37. The average molecular weight is 280 g/mol. The van der Waals surface area contributed by atoms with Crippen LogP contribution in [0.25, 0.3) is 0 Å². The molecule has 0 spiro atoms. The van der Waals surface area contributed by atoms with E-state index in [9.17, 15) is 14.7 Å². The molecule has 20 heavy (non-hydrogen) atoms. The average Bonchev–Trinajstić information content (AvgIpc) is 2.38. The van der Waals surface area contributed by atoms with Gasteiger partial charge in [-0.2, -0.15) is 0 Å². The second-order valence-electron chi connectivity index (χ2n) is 4.79. The highest BCUT2D eigenvalue weighted by Crippen LogP contribution is 2.19. The Balaban J connectivity index is 2.82. The number of carboxylic acid groups (broad SMARTS) is 1. The molecule has 110 valence electrons. The lowest BCUT2D eigenvalue weighted by molar-refractivity contribution is -0.137. The molecule has 0 aliphatic rings. The first-order valence-electron chi connectivity index (χ1n) is 6.38. The molecule has 2 amide bonds. The first-order chi connectivity index (χ1) is 9.32. The van der Waals surface area contributed by atoms with Crippen molar-refractivity contribution in [3.05, 3.63) is 24.3 Å². The van der Waals surface area contributed by atoms with Gasteiger partial charge in [0.25, 0.3) is 0 Å². The predicted molar refractivity (Wildman–Crippen MR) is 76.0 cm³/mol. The number of hydrogen-bond acceptors (Lipinski definition) is 3. The molecule has 2 N–H and O–H groups in total. The van der Waals surface area contributed by atoms with Gasteiger partial charge in [-0.25, -0.2) is 4.79 Å². The predicted octanol–water partition coefficient (Wildman–Crippen LogP) is 2.13. The van der Waals surface area contributed by atoms with Crippen molar-refractivity contribution >= 4 is 17.7 Å². The van der Waals surface area contributed by atoms with E-state index in [1.807, 2.05) is 13.8 Å². The number of aromatic hydroxyl groups is 1. The van der Waals surface area contributed by atoms with Crippen LogP contribution in [0.1, 0.15) is 20.3 Å². The molecular weight excluding hydrogens is 260 g/mol. The Morgan fingerprint density at radius 2 is 1.75 bits per heavy atom. The Morgan fingerprint density at radius 1 is 1.20 bits per heavy atom. The number of carboxylic acids is 1. The molecule has 6 heteroatoms. The van der Waals surface area contributed by atoms with Crippen molar-refractivity contribution in [1.29, 1.82) is 0 Å². The molecule has 0 aliphatic carbocycles. The van der Waals surface area contributed by atoms with Crippen LogP contribution in [0.2, 0.25) is 0 Å². The first kappa shape index (κ1) is 15.8. The summed E-state index contributed by atoms with van der Waals surface area (Å²) in [7, 11) is 1.62. The summed E-state index contributed by atoms with van der Waals surface area (Å²) in [6.07, 6.45) is -0.0899. The van der Waals surface area contributed by atoms with Gasteiger partial charge in [-0.15, -0.1) is 0 Å². The third kappa shape index (κ3) is 4.15. The van der Waals surface area contributed by atoms with E-state index in [1.165, 1.54) is 21.9 Å². The second kappa shape index (κ2) is 6.79. The van der Waals surface area contributed by atoms with Crippen LogP contribution in [-0.2, 0) is 4.79 Å². The molecule has 0 aliphatic heterocycles. The summed E-state index contributed by atoms with van der Waals surface area (Å²) >= 11 is 0. The first-order valence-corrected chi connectivity index (χ1v) is 6.38. The lowest BCUT2D eigenvalue weighted by atomic mass is 10.2. The van der Waals surface area contributed by atoms with Crippen LogP contribution in [0.4, 0.5) is 10.5 Å². The Morgan fingerprint density at radius 3 is 2.20 bits per heavy atom. The number of aliphatic carboxylic acids is 1. The van der Waals surface area contributed by atoms with Crippen molar-refractivity contribution in [2.45, 2.75) is 26.3 Å². The third-order valence-corrected chi connectivity index (χ3v) is 2.96. The van der Waals surface area contributed by atoms with E-state index in [2.05, 4.69) is 0 Å². The minimum atomic E-state index is -0.935. The molecule has 1 aromatic rings. The summed E-state index contributed by atoms with van der Waals surface area (Å²) in [4.78, 5) is 26.0. The van der Waals surface area contributed by atoms with E-state index in [0.717, 1.165) is 0 Å². The van der Waals surface area contributed by atoms with Gasteiger partial charge in [0.15, 0.2) is 0 Å². The molecular formula is C14H20N2O4. The topological polar surface area (TPSA) is 81.1 Å². The summed E-state index contributed by atoms with van der Waals surface area (Å²) in [6, 6.07) is 5.88. The van der Waals surface area contributed by atoms with Crippen molar-refractivity contribution in [3.8, 4) is 5.75 Å². The number of urea groups is 1. The largest absolute Gasteiger partial charge is 0.508 e. The zero-order valence-electron chi connectivity index (χ0n) is 11.9. The molecule has 0 aromatic heterocycles. The molecule has 0 saturated carbocycles. The van der Waals surface area contributed by atoms with Crippen LogP contribution in [0, 0.1) is 0 Å². The molecule has 0 fully saturated rings. The lowest BCUT2D eigenvalue weighted by Gasteiger charge is -2.31. The molecule has 1 aromatic carbocycles. The summed E-state index contributed by atoms with van der Waals surface area (Å²) in [5, 5.41) is 18.0. The van der Waals surface area contributed by atoms with E-state index >= 15 is 0 Å². The van der Waals surface area contributed by atoms with Gasteiger partial charge >= 0.3 is 12.0 Å². The van der Waals surface area contributed by atoms with E-state index < -0.39 is 5.97 Å². The Bertz CT molecular complexity index is 471. The molecule has 0 saturated heterocycles. The normalized spacial score (nSPS) is 10.4. The fourth-order valence-electron chi connectivity index (χ4n) is 1.77. The van der Waals surface area contributed by atoms with Crippen molar-refractivity contribution in [3.63, 3.8) is 0 Å². The molecule has 0 atom stereocenters. The molecule has 0 heterocycles. The fraction of sp³-hybridized carbons (Fsp3) is 0.429. The number of carbonyl (C=O) groups is 2. The number of hydrogen-bond donors (Lipinski definition) is 2. The van der Waals surface area contributed by atoms with Crippen molar-refractivity contribution in [1.82, 2.24) is 4.90 Å². The van der Waals surface area contributed by atoms with Gasteiger partial charge in [-0.05, 0) is 38.1 Å². The van der Waals surface area contributed by atoms with Crippen molar-refractivity contribution < 1.29 is 19.8 Å². The van der Waals surface area contributed by atoms with Crippen LogP contribution in [-0.4, -0.2) is 46.7 Å². The van der Waals surface area contributed by atoms with Crippen LogP contribution in [0.15, 0.2) is 24.3 Å². The highest BCUT2D eigenvalue weighted by Gasteiger charge is 2.22. The van der Waals surface area contributed by atoms with Crippen LogP contribution >= 0.6 is 0 Å². The minimum Gasteiger partial charge on any atom is -0.508 e. The highest BCUT2D eigenvalue weighted by molar-refractivity contribution is 5.91. The summed E-state index contributed by atoms with van der Waals surface area (Å²) in [5.74, 6) is -0.808. The van der Waals surface area contributed by atoms with Gasteiger partial charge in [-0.3, -0.25) is 9.69 Å². The van der Waals surface area contributed by atoms with Crippen LogP contribution < -0.4 is 4.90 Å². The van der Waals surface area contributed by atoms with Gasteiger partial charge in [0.05, 0.1) is 6.42 Å². The molecule has 1 rings (SSSR count). The Labute approximate surface area is 118 Å². The zero-order valence-corrected chi connectivity index (χ0v) is 11.9. The summed E-state index contributed by atoms with van der Waals surface area (Å²) in [6.45, 7) is 3.84. The number of rotatable bonds is 5. The van der Waals surface area contributed by atoms with Gasteiger partial charge in [0, 0.05) is 25.3 Å². The standard InChI is InChI=1S/C14H20N2O4/c1-10(2)16(9-8-13(18)19)14(20)15(3)11-4-6-12(17)7-5-11/h4-7,10,17H,8-9H2,1-3H3,(H,18,19). The minimum absolute atomic E-state index is 0.0899. The maximum absolute atomic E-state index is 12.4. The SMILES string of the molecule is CC(C)N(CCC(=O)O)C(=O)N(C)c1ccc(O)cc1. The molecule has 0 unspecified atom stereocenters. The third-order valence-electron chi connectivity index (χ3n) is 2.96. The van der Waals surface area contributed by atoms with E-state index in [0.29, 0.717) is 5.69 Å². The maximum atomic E-state index is 12.4. The summed E-state index contributed by atoms with van der Waals surface area (Å²) < 4.78 is 0. The number of amides is 2. The highest BCUT2D eigenvalue weighted by atomic mass is 16.4. The van der Waals surface area contributed by atoms with Gasteiger partial charge < -0.3 is 15.1 Å². The molecule has 0 radical (unpaired) electrons. The quantitative estimate of drug-likeness (QED) is 0.865. The molecule has 6 nitrogen and oxygen atoms in total. The summed E-state index contributed by atoms with van der Waals surface area (Å²) in [5.41, 5.74) is 0.633. The monoisotopic (exact) mass is 280 g/mol. The van der Waals surface area contributed by atoms with Crippen LogP contribution in [0.5, 0.6) is 5.75 Å². The molecule has 0 bridgehead atoms. The fourth-order valence-corrected chi connectivity index (χ4v) is 1.77. The van der Waals surface area contributed by atoms with Gasteiger partial charge in [-0.1, -0.05) is 0 Å². The maximum Gasteiger partial charge on any atom is 0.324 e. The van der Waals surface area contributed by atoms with Gasteiger partial charge in [0.2, 0.25) is 0 Å². The van der Waals surface area contributed by atoms with Crippen LogP contribution in [0.3, 0.4) is 0 Å². The van der Waals surface area contributed by atoms with E-state index in [4.69, 9.17) is 5.11 Å². The van der Waals surface area contributed by atoms with Crippen molar-refractivity contribution in [2.75, 3.05) is 18.5 Å². The number of benzene rings is 1.